The van der Waals surface area contributed by atoms with Crippen molar-refractivity contribution in [2.45, 2.75) is 26.3 Å². The first kappa shape index (κ1) is 14.0. The standard InChI is InChI=1S/C7H14N2O.C2H6/c1-9(2)7(4-5-8)6-10-3;1-2/h7H,4,6H2,1-3H3;1-2H3. The molecule has 0 amide bonds. The third-order valence-corrected chi connectivity index (χ3v) is 1.42. The molecule has 0 saturated carbocycles. The highest BCUT2D eigenvalue weighted by Gasteiger charge is 2.08. The van der Waals surface area contributed by atoms with Crippen molar-refractivity contribution in [1.82, 2.24) is 4.90 Å². The predicted octanol–water partition coefficient (Wildman–Crippen LogP) is 1.50. The lowest BCUT2D eigenvalue weighted by Crippen LogP contribution is -2.31. The van der Waals surface area contributed by atoms with Crippen molar-refractivity contribution >= 4 is 0 Å². The van der Waals surface area contributed by atoms with Gasteiger partial charge in [0.15, 0.2) is 0 Å². The van der Waals surface area contributed by atoms with Crippen LogP contribution in [0.3, 0.4) is 0 Å². The van der Waals surface area contributed by atoms with E-state index in [-0.39, 0.29) is 6.04 Å². The van der Waals surface area contributed by atoms with Gasteiger partial charge in [0, 0.05) is 13.2 Å². The van der Waals surface area contributed by atoms with Crippen molar-refractivity contribution in [3.8, 4) is 6.07 Å². The van der Waals surface area contributed by atoms with Gasteiger partial charge in [0.1, 0.15) is 0 Å². The molecule has 0 N–H and O–H groups in total. The minimum atomic E-state index is 0.231. The molecule has 12 heavy (non-hydrogen) atoms. The minimum Gasteiger partial charge on any atom is -0.383 e. The van der Waals surface area contributed by atoms with Crippen molar-refractivity contribution in [3.63, 3.8) is 0 Å². The SMILES string of the molecule is CC.COCC(CC#N)N(C)C. The van der Waals surface area contributed by atoms with Crippen molar-refractivity contribution in [3.05, 3.63) is 0 Å². The van der Waals surface area contributed by atoms with Crippen LogP contribution in [-0.4, -0.2) is 38.8 Å². The summed E-state index contributed by atoms with van der Waals surface area (Å²) in [6.45, 7) is 4.63. The molecule has 0 fully saturated rings. The van der Waals surface area contributed by atoms with Crippen LogP contribution < -0.4 is 0 Å². The molecule has 0 aromatic rings. The highest BCUT2D eigenvalue weighted by Crippen LogP contribution is 1.97. The summed E-state index contributed by atoms with van der Waals surface area (Å²) in [6, 6.07) is 2.34. The number of nitriles is 1. The molecule has 0 radical (unpaired) electrons. The lowest BCUT2D eigenvalue weighted by Gasteiger charge is -2.20. The average molecular weight is 172 g/mol. The van der Waals surface area contributed by atoms with E-state index in [0.29, 0.717) is 13.0 Å². The molecule has 3 nitrogen and oxygen atoms in total. The van der Waals surface area contributed by atoms with E-state index < -0.39 is 0 Å². The smallest absolute Gasteiger partial charge is 0.0639 e. The lowest BCUT2D eigenvalue weighted by atomic mass is 10.2. The summed E-state index contributed by atoms with van der Waals surface area (Å²) in [5.74, 6) is 0. The second-order valence-electron chi connectivity index (χ2n) is 2.44. The Morgan fingerprint density at radius 1 is 1.42 bits per heavy atom. The largest absolute Gasteiger partial charge is 0.383 e. The van der Waals surface area contributed by atoms with E-state index in [1.165, 1.54) is 0 Å². The Bertz CT molecular complexity index is 118. The monoisotopic (exact) mass is 172 g/mol. The van der Waals surface area contributed by atoms with Gasteiger partial charge in [-0.15, -0.1) is 0 Å². The summed E-state index contributed by atoms with van der Waals surface area (Å²) in [4.78, 5) is 1.99. The second-order valence-corrected chi connectivity index (χ2v) is 2.44. The fourth-order valence-electron chi connectivity index (χ4n) is 0.688. The highest BCUT2D eigenvalue weighted by molar-refractivity contribution is 4.79. The number of nitrogens with zero attached hydrogens (tertiary/aromatic N) is 2. The Balaban J connectivity index is 0. The van der Waals surface area contributed by atoms with Crippen LogP contribution in [0.25, 0.3) is 0 Å². The third-order valence-electron chi connectivity index (χ3n) is 1.42. The van der Waals surface area contributed by atoms with Crippen LogP contribution in [0, 0.1) is 11.3 Å². The molecular formula is C9H20N2O. The maximum atomic E-state index is 8.38. The summed E-state index contributed by atoms with van der Waals surface area (Å²) >= 11 is 0. The quantitative estimate of drug-likeness (QED) is 0.645. The summed E-state index contributed by atoms with van der Waals surface area (Å²) in [5.41, 5.74) is 0. The van der Waals surface area contributed by atoms with E-state index in [9.17, 15) is 0 Å². The van der Waals surface area contributed by atoms with E-state index in [4.69, 9.17) is 10.00 Å². The Morgan fingerprint density at radius 2 is 1.92 bits per heavy atom. The first-order chi connectivity index (χ1) is 5.72. The number of rotatable bonds is 4. The van der Waals surface area contributed by atoms with E-state index in [1.807, 2.05) is 32.8 Å². The number of hydrogen-bond acceptors (Lipinski definition) is 3. The van der Waals surface area contributed by atoms with Crippen LogP contribution in [-0.2, 0) is 4.74 Å². The zero-order valence-electron chi connectivity index (χ0n) is 8.79. The molecule has 0 aliphatic heterocycles. The zero-order valence-corrected chi connectivity index (χ0v) is 8.79. The van der Waals surface area contributed by atoms with Gasteiger partial charge < -0.3 is 9.64 Å². The van der Waals surface area contributed by atoms with Gasteiger partial charge >= 0.3 is 0 Å². The lowest BCUT2D eigenvalue weighted by molar-refractivity contribution is 0.122. The zero-order chi connectivity index (χ0) is 9.98. The van der Waals surface area contributed by atoms with E-state index in [1.54, 1.807) is 7.11 Å². The minimum absolute atomic E-state index is 0.231. The summed E-state index contributed by atoms with van der Waals surface area (Å²) in [7, 11) is 5.54. The average Bonchev–Trinajstić information content (AvgIpc) is 2.08. The van der Waals surface area contributed by atoms with Crippen LogP contribution in [0.1, 0.15) is 20.3 Å². The number of methoxy groups -OCH3 is 1. The van der Waals surface area contributed by atoms with E-state index in [0.717, 1.165) is 0 Å². The molecule has 0 aromatic heterocycles. The Kier molecular flexibility index (Phi) is 12.1. The Hall–Kier alpha value is -0.590. The maximum Gasteiger partial charge on any atom is 0.0639 e. The molecule has 0 saturated heterocycles. The van der Waals surface area contributed by atoms with Gasteiger partial charge in [-0.25, -0.2) is 0 Å². The fraction of sp³-hybridized carbons (Fsp3) is 0.889. The van der Waals surface area contributed by atoms with E-state index in [2.05, 4.69) is 6.07 Å². The van der Waals surface area contributed by atoms with Gasteiger partial charge in [-0.1, -0.05) is 13.8 Å². The fourth-order valence-corrected chi connectivity index (χ4v) is 0.688. The van der Waals surface area contributed by atoms with Gasteiger partial charge in [-0.3, -0.25) is 0 Å². The molecule has 0 heterocycles. The van der Waals surface area contributed by atoms with Crippen LogP contribution in [0.2, 0.25) is 0 Å². The van der Waals surface area contributed by atoms with Crippen molar-refractivity contribution in [2.24, 2.45) is 0 Å². The van der Waals surface area contributed by atoms with E-state index >= 15 is 0 Å². The van der Waals surface area contributed by atoms with Crippen molar-refractivity contribution in [1.29, 1.82) is 5.26 Å². The van der Waals surface area contributed by atoms with Gasteiger partial charge in [0.2, 0.25) is 0 Å². The van der Waals surface area contributed by atoms with Gasteiger partial charge in [-0.05, 0) is 14.1 Å². The molecule has 0 aliphatic carbocycles. The molecule has 0 spiro atoms. The summed E-state index contributed by atoms with van der Waals surface area (Å²) in [5, 5.41) is 8.38. The van der Waals surface area contributed by atoms with Gasteiger partial charge in [0.05, 0.1) is 19.1 Å². The van der Waals surface area contributed by atoms with Gasteiger partial charge in [-0.2, -0.15) is 5.26 Å². The maximum absolute atomic E-state index is 8.38. The third kappa shape index (κ3) is 7.52. The van der Waals surface area contributed by atoms with Crippen LogP contribution in [0.4, 0.5) is 0 Å². The van der Waals surface area contributed by atoms with Crippen LogP contribution in [0.15, 0.2) is 0 Å². The normalized spacial score (nSPS) is 11.4. The van der Waals surface area contributed by atoms with Crippen molar-refractivity contribution < 1.29 is 4.74 Å². The second kappa shape index (κ2) is 10.4. The number of hydrogen-bond donors (Lipinski definition) is 0. The molecule has 0 aromatic carbocycles. The first-order valence-corrected chi connectivity index (χ1v) is 4.24. The molecule has 3 heteroatoms. The summed E-state index contributed by atoms with van der Waals surface area (Å²) < 4.78 is 4.93. The number of ether oxygens (including phenoxy) is 1. The van der Waals surface area contributed by atoms with Crippen molar-refractivity contribution in [2.75, 3.05) is 27.8 Å². The predicted molar refractivity (Wildman–Crippen MR) is 50.9 cm³/mol. The van der Waals surface area contributed by atoms with Crippen LogP contribution in [0.5, 0.6) is 0 Å². The highest BCUT2D eigenvalue weighted by atomic mass is 16.5. The molecule has 72 valence electrons. The molecular weight excluding hydrogens is 152 g/mol. The molecule has 0 bridgehead atoms. The first-order valence-electron chi connectivity index (χ1n) is 4.24. The van der Waals surface area contributed by atoms with Gasteiger partial charge in [0.25, 0.3) is 0 Å². The molecule has 0 aliphatic rings. The topological polar surface area (TPSA) is 36.3 Å². The Morgan fingerprint density at radius 3 is 2.17 bits per heavy atom. The van der Waals surface area contributed by atoms with Crippen LogP contribution >= 0.6 is 0 Å². The molecule has 0 rings (SSSR count). The molecule has 1 unspecified atom stereocenters. The number of likely N-dealkylation sites (N-methyl/N-ethyl adjacent to an activating group) is 1. The molecule has 1 atom stereocenters. The summed E-state index contributed by atoms with van der Waals surface area (Å²) in [6.07, 6.45) is 0.529. The Labute approximate surface area is 75.9 Å².